The number of nitrogens with one attached hydrogen (secondary N) is 1. The van der Waals surface area contributed by atoms with Gasteiger partial charge in [-0.15, -0.1) is 11.8 Å². The van der Waals surface area contributed by atoms with Gasteiger partial charge in [0.2, 0.25) is 0 Å². The molecule has 0 radical (unpaired) electrons. The van der Waals surface area contributed by atoms with Gasteiger partial charge in [0, 0.05) is 17.1 Å². The van der Waals surface area contributed by atoms with E-state index in [1.165, 1.54) is 17.0 Å². The molecule has 2 aromatic carbocycles. The smallest absolute Gasteiger partial charge is 0.123 e. The summed E-state index contributed by atoms with van der Waals surface area (Å²) in [4.78, 5) is 1.25. The minimum absolute atomic E-state index is 0.196. The number of anilines is 1. The van der Waals surface area contributed by atoms with Crippen LogP contribution in [-0.2, 0) is 6.54 Å². The summed E-state index contributed by atoms with van der Waals surface area (Å²) in [5.41, 5.74) is 2.15. The van der Waals surface area contributed by atoms with Crippen LogP contribution in [0.3, 0.4) is 0 Å². The first-order valence-corrected chi connectivity index (χ1v) is 6.63. The molecule has 0 saturated heterocycles. The van der Waals surface area contributed by atoms with Gasteiger partial charge in [-0.05, 0) is 48.2 Å². The first kappa shape index (κ1) is 12.0. The third-order valence-electron chi connectivity index (χ3n) is 2.50. The van der Waals surface area contributed by atoms with Crippen molar-refractivity contribution in [3.63, 3.8) is 0 Å². The third-order valence-corrected chi connectivity index (χ3v) is 3.24. The Morgan fingerprint density at radius 1 is 1.00 bits per heavy atom. The maximum Gasteiger partial charge on any atom is 0.123 e. The van der Waals surface area contributed by atoms with Crippen LogP contribution in [0.15, 0.2) is 53.4 Å². The number of rotatable bonds is 4. The summed E-state index contributed by atoms with van der Waals surface area (Å²) < 4.78 is 12.7. The Balaban J connectivity index is 1.95. The molecule has 0 amide bonds. The minimum atomic E-state index is -0.196. The van der Waals surface area contributed by atoms with Crippen molar-refractivity contribution >= 4 is 17.4 Å². The van der Waals surface area contributed by atoms with Crippen molar-refractivity contribution < 1.29 is 4.39 Å². The summed E-state index contributed by atoms with van der Waals surface area (Å²) >= 11 is 1.72. The Kier molecular flexibility index (Phi) is 4.04. The van der Waals surface area contributed by atoms with E-state index < -0.39 is 0 Å². The Morgan fingerprint density at radius 3 is 2.24 bits per heavy atom. The van der Waals surface area contributed by atoms with Gasteiger partial charge in [-0.25, -0.2) is 4.39 Å². The lowest BCUT2D eigenvalue weighted by molar-refractivity contribution is 0.627. The normalized spacial score (nSPS) is 10.2. The van der Waals surface area contributed by atoms with Crippen LogP contribution < -0.4 is 5.32 Å². The van der Waals surface area contributed by atoms with Crippen LogP contribution in [0.25, 0.3) is 0 Å². The summed E-state index contributed by atoms with van der Waals surface area (Å²) in [5, 5.41) is 3.30. The Bertz CT molecular complexity index is 465. The molecule has 0 aliphatic rings. The van der Waals surface area contributed by atoms with Crippen LogP contribution in [0, 0.1) is 5.82 Å². The number of benzene rings is 2. The molecule has 0 aromatic heterocycles. The van der Waals surface area contributed by atoms with Crippen LogP contribution in [-0.4, -0.2) is 6.26 Å². The molecule has 0 spiro atoms. The van der Waals surface area contributed by atoms with Gasteiger partial charge >= 0.3 is 0 Å². The lowest BCUT2D eigenvalue weighted by atomic mass is 10.2. The number of halogens is 1. The Labute approximate surface area is 105 Å². The quantitative estimate of drug-likeness (QED) is 0.814. The van der Waals surface area contributed by atoms with Crippen molar-refractivity contribution in [3.05, 3.63) is 59.9 Å². The van der Waals surface area contributed by atoms with Gasteiger partial charge in [-0.3, -0.25) is 0 Å². The fourth-order valence-corrected chi connectivity index (χ4v) is 1.92. The number of thioether (sulfide) groups is 1. The van der Waals surface area contributed by atoms with Crippen molar-refractivity contribution in [1.29, 1.82) is 0 Å². The molecule has 3 heteroatoms. The highest BCUT2D eigenvalue weighted by molar-refractivity contribution is 7.98. The second-order valence-corrected chi connectivity index (χ2v) is 4.59. The standard InChI is InChI=1S/C14H14FNS/c1-17-14-8-6-13(7-9-14)16-10-11-2-4-12(15)5-3-11/h2-9,16H,10H2,1H3. The van der Waals surface area contributed by atoms with E-state index in [4.69, 9.17) is 0 Å². The molecule has 0 atom stereocenters. The van der Waals surface area contributed by atoms with Gasteiger partial charge in [-0.2, -0.15) is 0 Å². The van der Waals surface area contributed by atoms with Gasteiger partial charge in [0.1, 0.15) is 5.82 Å². The zero-order chi connectivity index (χ0) is 12.1. The Hall–Kier alpha value is -1.48. The van der Waals surface area contributed by atoms with Crippen molar-refractivity contribution in [1.82, 2.24) is 0 Å². The maximum atomic E-state index is 12.7. The largest absolute Gasteiger partial charge is 0.381 e. The molecule has 88 valence electrons. The van der Waals surface area contributed by atoms with Crippen molar-refractivity contribution in [3.8, 4) is 0 Å². The summed E-state index contributed by atoms with van der Waals surface area (Å²) in [6.07, 6.45) is 2.06. The zero-order valence-corrected chi connectivity index (χ0v) is 10.4. The fraction of sp³-hybridized carbons (Fsp3) is 0.143. The average Bonchev–Trinajstić information content (AvgIpc) is 2.39. The van der Waals surface area contributed by atoms with Gasteiger partial charge in [0.15, 0.2) is 0 Å². The molecule has 0 aliphatic heterocycles. The van der Waals surface area contributed by atoms with Gasteiger partial charge in [-0.1, -0.05) is 12.1 Å². The highest BCUT2D eigenvalue weighted by Crippen LogP contribution is 2.18. The molecule has 0 fully saturated rings. The molecule has 0 bridgehead atoms. The summed E-state index contributed by atoms with van der Waals surface area (Å²) in [6, 6.07) is 14.8. The van der Waals surface area contributed by atoms with E-state index in [2.05, 4.69) is 35.8 Å². The van der Waals surface area contributed by atoms with Crippen LogP contribution in [0.4, 0.5) is 10.1 Å². The maximum absolute atomic E-state index is 12.7. The molecule has 2 rings (SSSR count). The molecule has 2 aromatic rings. The SMILES string of the molecule is CSc1ccc(NCc2ccc(F)cc2)cc1. The van der Waals surface area contributed by atoms with E-state index in [9.17, 15) is 4.39 Å². The fourth-order valence-electron chi connectivity index (χ4n) is 1.52. The monoisotopic (exact) mass is 247 g/mol. The summed E-state index contributed by atoms with van der Waals surface area (Å²) in [6.45, 7) is 0.707. The lowest BCUT2D eigenvalue weighted by Crippen LogP contribution is -1.98. The van der Waals surface area contributed by atoms with E-state index in [0.717, 1.165) is 11.3 Å². The minimum Gasteiger partial charge on any atom is -0.381 e. The zero-order valence-electron chi connectivity index (χ0n) is 9.61. The van der Waals surface area contributed by atoms with Gasteiger partial charge < -0.3 is 5.32 Å². The highest BCUT2D eigenvalue weighted by atomic mass is 32.2. The van der Waals surface area contributed by atoms with E-state index in [1.807, 2.05) is 0 Å². The van der Waals surface area contributed by atoms with E-state index in [-0.39, 0.29) is 5.82 Å². The van der Waals surface area contributed by atoms with Crippen LogP contribution in [0.2, 0.25) is 0 Å². The average molecular weight is 247 g/mol. The predicted molar refractivity (Wildman–Crippen MR) is 71.9 cm³/mol. The van der Waals surface area contributed by atoms with E-state index in [1.54, 1.807) is 23.9 Å². The molecule has 0 aliphatic carbocycles. The van der Waals surface area contributed by atoms with Crippen LogP contribution in [0.1, 0.15) is 5.56 Å². The molecule has 0 heterocycles. The first-order valence-electron chi connectivity index (χ1n) is 5.40. The molecular formula is C14H14FNS. The second-order valence-electron chi connectivity index (χ2n) is 3.71. The lowest BCUT2D eigenvalue weighted by Gasteiger charge is -2.07. The molecular weight excluding hydrogens is 233 g/mol. The van der Waals surface area contributed by atoms with Crippen molar-refractivity contribution in [2.45, 2.75) is 11.4 Å². The first-order chi connectivity index (χ1) is 8.28. The molecule has 17 heavy (non-hydrogen) atoms. The molecule has 1 nitrogen and oxygen atoms in total. The number of hydrogen-bond acceptors (Lipinski definition) is 2. The van der Waals surface area contributed by atoms with Crippen molar-refractivity contribution in [2.75, 3.05) is 11.6 Å². The Morgan fingerprint density at radius 2 is 1.65 bits per heavy atom. The number of hydrogen-bond donors (Lipinski definition) is 1. The molecule has 0 unspecified atom stereocenters. The second kappa shape index (κ2) is 5.73. The van der Waals surface area contributed by atoms with Gasteiger partial charge in [0.25, 0.3) is 0 Å². The van der Waals surface area contributed by atoms with Crippen LogP contribution >= 0.6 is 11.8 Å². The highest BCUT2D eigenvalue weighted by Gasteiger charge is 1.95. The predicted octanol–water partition coefficient (Wildman–Crippen LogP) is 4.16. The van der Waals surface area contributed by atoms with Crippen molar-refractivity contribution in [2.24, 2.45) is 0 Å². The van der Waals surface area contributed by atoms with E-state index in [0.29, 0.717) is 6.54 Å². The molecule has 0 saturated carbocycles. The van der Waals surface area contributed by atoms with E-state index >= 15 is 0 Å². The molecule has 1 N–H and O–H groups in total. The summed E-state index contributed by atoms with van der Waals surface area (Å²) in [5.74, 6) is -0.196. The van der Waals surface area contributed by atoms with Gasteiger partial charge in [0.05, 0.1) is 0 Å². The topological polar surface area (TPSA) is 12.0 Å². The van der Waals surface area contributed by atoms with Crippen LogP contribution in [0.5, 0.6) is 0 Å². The summed E-state index contributed by atoms with van der Waals surface area (Å²) in [7, 11) is 0. The third kappa shape index (κ3) is 3.49.